The summed E-state index contributed by atoms with van der Waals surface area (Å²) in [6, 6.07) is 0. The zero-order valence-electron chi connectivity index (χ0n) is 8.24. The molecule has 7 nitrogen and oxygen atoms in total. The van der Waals surface area contributed by atoms with E-state index < -0.39 is 0 Å². The molecule has 7 heteroatoms. The summed E-state index contributed by atoms with van der Waals surface area (Å²) in [4.78, 5) is 21.7. The molecule has 0 aromatic carbocycles. The maximum absolute atomic E-state index is 10.9. The number of H-pyrrole nitrogens is 1. The van der Waals surface area contributed by atoms with E-state index in [0.717, 1.165) is 0 Å². The van der Waals surface area contributed by atoms with Gasteiger partial charge in [0.1, 0.15) is 5.69 Å². The summed E-state index contributed by atoms with van der Waals surface area (Å²) in [5, 5.41) is 6.28. The van der Waals surface area contributed by atoms with Gasteiger partial charge < -0.3 is 14.8 Å². The Bertz CT molecular complexity index is 487. The van der Waals surface area contributed by atoms with Crippen LogP contribution in [0.4, 0.5) is 5.82 Å². The van der Waals surface area contributed by atoms with E-state index in [1.807, 2.05) is 0 Å². The number of aryl methyl sites for hydroxylation is 1. The third-order valence-corrected chi connectivity index (χ3v) is 1.68. The number of carbonyl (C=O) groups excluding carboxylic acids is 1. The number of nitrogens with zero attached hydrogens (tertiary/aromatic N) is 3. The van der Waals surface area contributed by atoms with Crippen molar-refractivity contribution in [2.75, 3.05) is 5.32 Å². The number of amides is 1. The summed E-state index contributed by atoms with van der Waals surface area (Å²) in [5.41, 5.74) is 0.530. The Labute approximate surface area is 84.9 Å². The molecule has 1 amide bonds. The Morgan fingerprint density at radius 3 is 3.00 bits per heavy atom. The van der Waals surface area contributed by atoms with E-state index in [2.05, 4.69) is 25.4 Å². The number of carbonyl (C=O) groups is 1. The number of imidazole rings is 1. The number of anilines is 1. The molecule has 0 fully saturated rings. The Morgan fingerprint density at radius 2 is 2.40 bits per heavy atom. The predicted octanol–water partition coefficient (Wildman–Crippen LogP) is 0.727. The van der Waals surface area contributed by atoms with E-state index in [-0.39, 0.29) is 5.91 Å². The van der Waals surface area contributed by atoms with Gasteiger partial charge in [-0.05, 0) is 0 Å². The third-order valence-electron chi connectivity index (χ3n) is 1.68. The van der Waals surface area contributed by atoms with Gasteiger partial charge in [-0.15, -0.1) is 0 Å². The van der Waals surface area contributed by atoms with Gasteiger partial charge in [-0.1, -0.05) is 5.16 Å². The van der Waals surface area contributed by atoms with Crippen molar-refractivity contribution in [3.63, 3.8) is 0 Å². The van der Waals surface area contributed by atoms with Crippen LogP contribution < -0.4 is 5.32 Å². The number of hydrogen-bond donors (Lipinski definition) is 2. The lowest BCUT2D eigenvalue weighted by Crippen LogP contribution is -2.07. The van der Waals surface area contributed by atoms with Crippen LogP contribution in [0.15, 0.2) is 10.9 Å². The highest BCUT2D eigenvalue weighted by atomic mass is 16.5. The zero-order valence-corrected chi connectivity index (χ0v) is 8.24. The summed E-state index contributed by atoms with van der Waals surface area (Å²) in [6.07, 6.45) is 1.45. The predicted molar refractivity (Wildman–Crippen MR) is 50.9 cm³/mol. The van der Waals surface area contributed by atoms with E-state index in [0.29, 0.717) is 23.2 Å². The van der Waals surface area contributed by atoms with Crippen LogP contribution in [0.25, 0.3) is 11.5 Å². The molecule has 0 spiro atoms. The molecule has 0 saturated carbocycles. The molecule has 15 heavy (non-hydrogen) atoms. The van der Waals surface area contributed by atoms with Crippen LogP contribution in [0.2, 0.25) is 0 Å². The molecule has 2 N–H and O–H groups in total. The summed E-state index contributed by atoms with van der Waals surface area (Å²) in [6.45, 7) is 3.09. The Kier molecular flexibility index (Phi) is 2.20. The number of rotatable bonds is 2. The van der Waals surface area contributed by atoms with Crippen molar-refractivity contribution in [2.24, 2.45) is 0 Å². The van der Waals surface area contributed by atoms with Gasteiger partial charge >= 0.3 is 0 Å². The van der Waals surface area contributed by atoms with Gasteiger partial charge in [0.25, 0.3) is 0 Å². The molecule has 2 aromatic rings. The fraction of sp³-hybridized carbons (Fsp3) is 0.250. The van der Waals surface area contributed by atoms with Gasteiger partial charge in [-0.2, -0.15) is 4.98 Å². The smallest absolute Gasteiger partial charge is 0.223 e. The second-order valence-electron chi connectivity index (χ2n) is 2.94. The van der Waals surface area contributed by atoms with Crippen molar-refractivity contribution in [2.45, 2.75) is 13.8 Å². The maximum Gasteiger partial charge on any atom is 0.223 e. The maximum atomic E-state index is 10.9. The average Bonchev–Trinajstić information content (AvgIpc) is 2.72. The summed E-state index contributed by atoms with van der Waals surface area (Å²) in [5.74, 6) is 1.01. The number of hydrogen-bond acceptors (Lipinski definition) is 5. The first-order valence-electron chi connectivity index (χ1n) is 4.28. The average molecular weight is 207 g/mol. The van der Waals surface area contributed by atoms with Gasteiger partial charge in [-0.25, -0.2) is 4.98 Å². The molecule has 0 radical (unpaired) electrons. The molecule has 0 unspecified atom stereocenters. The molecular formula is C8H9N5O2. The lowest BCUT2D eigenvalue weighted by molar-refractivity contribution is -0.114. The van der Waals surface area contributed by atoms with Gasteiger partial charge in [0.05, 0.1) is 6.33 Å². The van der Waals surface area contributed by atoms with Crippen LogP contribution in [0.3, 0.4) is 0 Å². The van der Waals surface area contributed by atoms with Crippen LogP contribution in [-0.2, 0) is 4.79 Å². The normalized spacial score (nSPS) is 10.3. The molecule has 2 rings (SSSR count). The van der Waals surface area contributed by atoms with Crippen LogP contribution in [0.5, 0.6) is 0 Å². The van der Waals surface area contributed by atoms with Crippen molar-refractivity contribution in [1.82, 2.24) is 20.1 Å². The fourth-order valence-corrected chi connectivity index (χ4v) is 1.13. The molecule has 78 valence electrons. The first kappa shape index (κ1) is 9.38. The largest absolute Gasteiger partial charge is 0.340 e. The summed E-state index contributed by atoms with van der Waals surface area (Å²) in [7, 11) is 0. The number of aromatic nitrogens is 4. The van der Waals surface area contributed by atoms with E-state index in [1.54, 1.807) is 6.92 Å². The molecule has 0 saturated heterocycles. The molecule has 2 aromatic heterocycles. The van der Waals surface area contributed by atoms with Crippen LogP contribution in [0, 0.1) is 6.92 Å². The highest BCUT2D eigenvalue weighted by Gasteiger charge is 2.14. The van der Waals surface area contributed by atoms with Gasteiger partial charge in [0, 0.05) is 13.8 Å². The van der Waals surface area contributed by atoms with Crippen molar-refractivity contribution in [3.8, 4) is 11.5 Å². The Balaban J connectivity index is 2.36. The lowest BCUT2D eigenvalue weighted by Gasteiger charge is -1.97. The van der Waals surface area contributed by atoms with Crippen molar-refractivity contribution >= 4 is 11.7 Å². The van der Waals surface area contributed by atoms with Crippen molar-refractivity contribution in [1.29, 1.82) is 0 Å². The van der Waals surface area contributed by atoms with E-state index in [4.69, 9.17) is 4.52 Å². The zero-order chi connectivity index (χ0) is 10.8. The highest BCUT2D eigenvalue weighted by molar-refractivity contribution is 5.90. The molecule has 0 aliphatic carbocycles. The topological polar surface area (TPSA) is 96.7 Å². The van der Waals surface area contributed by atoms with Crippen LogP contribution >= 0.6 is 0 Å². The van der Waals surface area contributed by atoms with E-state index in [1.165, 1.54) is 13.3 Å². The van der Waals surface area contributed by atoms with Crippen LogP contribution in [0.1, 0.15) is 12.8 Å². The minimum absolute atomic E-state index is 0.205. The molecule has 0 bridgehead atoms. The highest BCUT2D eigenvalue weighted by Crippen LogP contribution is 2.20. The lowest BCUT2D eigenvalue weighted by atomic mass is 10.4. The third kappa shape index (κ3) is 1.85. The monoisotopic (exact) mass is 207 g/mol. The van der Waals surface area contributed by atoms with Gasteiger partial charge in [0.2, 0.25) is 17.6 Å². The summed E-state index contributed by atoms with van der Waals surface area (Å²) >= 11 is 0. The first-order chi connectivity index (χ1) is 7.16. The fourth-order valence-electron chi connectivity index (χ4n) is 1.13. The second kappa shape index (κ2) is 3.52. The molecular weight excluding hydrogens is 198 g/mol. The Morgan fingerprint density at radius 1 is 1.60 bits per heavy atom. The molecule has 0 aliphatic rings. The van der Waals surface area contributed by atoms with Gasteiger partial charge in [0.15, 0.2) is 5.82 Å². The van der Waals surface area contributed by atoms with Gasteiger partial charge in [-0.3, -0.25) is 4.79 Å². The quantitative estimate of drug-likeness (QED) is 0.756. The standard InChI is InChI=1S/C8H9N5O2/c1-4(14)11-7-6(9-3-10-7)8-12-5(2)15-13-8/h3H,1-2H3,(H,9,10)(H,11,14). The minimum atomic E-state index is -0.205. The minimum Gasteiger partial charge on any atom is -0.340 e. The van der Waals surface area contributed by atoms with Crippen molar-refractivity contribution in [3.05, 3.63) is 12.2 Å². The SMILES string of the molecule is CC(=O)Nc1nc[nH]c1-c1noc(C)n1. The molecule has 0 aliphatic heterocycles. The summed E-state index contributed by atoms with van der Waals surface area (Å²) < 4.78 is 4.83. The number of nitrogens with one attached hydrogen (secondary N) is 2. The first-order valence-corrected chi connectivity index (χ1v) is 4.28. The second-order valence-corrected chi connectivity index (χ2v) is 2.94. The van der Waals surface area contributed by atoms with E-state index >= 15 is 0 Å². The molecule has 2 heterocycles. The molecule has 0 atom stereocenters. The van der Waals surface area contributed by atoms with Crippen molar-refractivity contribution < 1.29 is 9.32 Å². The van der Waals surface area contributed by atoms with Crippen LogP contribution in [-0.4, -0.2) is 26.0 Å². The Hall–Kier alpha value is -2.18. The number of aromatic amines is 1. The van der Waals surface area contributed by atoms with E-state index in [9.17, 15) is 4.79 Å².